The number of hydrogen-bond acceptors (Lipinski definition) is 4. The SMILES string of the molecule is CC1CCC(C2=NC3(CN(S(=O)(=O)CCc4cccc5ccccc45)C3)C(=O)N2)CC1. The molecule has 2 aromatic carbocycles. The van der Waals surface area contributed by atoms with Gasteiger partial charge in [0.15, 0.2) is 5.54 Å². The normalized spacial score (nSPS) is 26.0. The van der Waals surface area contributed by atoms with Gasteiger partial charge in [-0.05, 0) is 41.5 Å². The standard InChI is InChI=1S/C24H29N3O3S/c1-17-9-11-20(12-10-17)22-25-23(28)24(26-22)15-27(16-24)31(29,30)14-13-19-7-4-6-18-5-2-3-8-21(18)19/h2-8,17,20H,9-16H2,1H3,(H,25,26,28). The van der Waals surface area contributed by atoms with Gasteiger partial charge in [0.1, 0.15) is 5.84 Å². The largest absolute Gasteiger partial charge is 0.312 e. The number of sulfonamides is 1. The summed E-state index contributed by atoms with van der Waals surface area (Å²) >= 11 is 0. The number of aryl methyl sites for hydroxylation is 1. The van der Waals surface area contributed by atoms with Crippen LogP contribution in [0.2, 0.25) is 0 Å². The van der Waals surface area contributed by atoms with E-state index in [0.717, 1.165) is 53.8 Å². The Labute approximate surface area is 183 Å². The van der Waals surface area contributed by atoms with Crippen LogP contribution in [0.25, 0.3) is 10.8 Å². The molecule has 1 saturated heterocycles. The van der Waals surface area contributed by atoms with E-state index in [9.17, 15) is 13.2 Å². The van der Waals surface area contributed by atoms with Crippen LogP contribution < -0.4 is 5.32 Å². The number of aliphatic imine (C=N–C) groups is 1. The van der Waals surface area contributed by atoms with Crippen molar-refractivity contribution in [1.82, 2.24) is 9.62 Å². The summed E-state index contributed by atoms with van der Waals surface area (Å²) in [6, 6.07) is 14.0. The summed E-state index contributed by atoms with van der Waals surface area (Å²) in [6.07, 6.45) is 4.85. The van der Waals surface area contributed by atoms with E-state index >= 15 is 0 Å². The Morgan fingerprint density at radius 3 is 2.55 bits per heavy atom. The highest BCUT2D eigenvalue weighted by Crippen LogP contribution is 2.36. The van der Waals surface area contributed by atoms with Crippen molar-refractivity contribution in [2.75, 3.05) is 18.8 Å². The second kappa shape index (κ2) is 7.71. The highest BCUT2D eigenvalue weighted by atomic mass is 32.2. The molecule has 1 N–H and O–H groups in total. The summed E-state index contributed by atoms with van der Waals surface area (Å²) in [5.74, 6) is 1.72. The Balaban J connectivity index is 1.24. The van der Waals surface area contributed by atoms with Crippen LogP contribution in [0.1, 0.15) is 38.2 Å². The second-order valence-electron chi connectivity index (χ2n) is 9.41. The first kappa shape index (κ1) is 20.6. The number of carbonyl (C=O) groups is 1. The van der Waals surface area contributed by atoms with E-state index in [1.165, 1.54) is 4.31 Å². The van der Waals surface area contributed by atoms with Gasteiger partial charge >= 0.3 is 0 Å². The molecule has 1 saturated carbocycles. The van der Waals surface area contributed by atoms with Gasteiger partial charge in [-0.25, -0.2) is 8.42 Å². The number of carbonyl (C=O) groups excluding carboxylic acids is 1. The smallest absolute Gasteiger partial charge is 0.256 e. The maximum atomic E-state index is 12.9. The van der Waals surface area contributed by atoms with E-state index < -0.39 is 15.6 Å². The third-order valence-corrected chi connectivity index (χ3v) is 8.94. The third kappa shape index (κ3) is 3.78. The number of benzene rings is 2. The van der Waals surface area contributed by atoms with Crippen molar-refractivity contribution in [3.63, 3.8) is 0 Å². The van der Waals surface area contributed by atoms with Gasteiger partial charge in [0, 0.05) is 19.0 Å². The summed E-state index contributed by atoms with van der Waals surface area (Å²) in [7, 11) is -3.44. The van der Waals surface area contributed by atoms with E-state index in [4.69, 9.17) is 4.99 Å². The fourth-order valence-corrected chi connectivity index (χ4v) is 6.65. The molecule has 6 nitrogen and oxygen atoms in total. The molecule has 1 spiro atoms. The van der Waals surface area contributed by atoms with Crippen molar-refractivity contribution >= 4 is 32.5 Å². The lowest BCUT2D eigenvalue weighted by Crippen LogP contribution is -2.66. The summed E-state index contributed by atoms with van der Waals surface area (Å²) < 4.78 is 27.3. The zero-order valence-corrected chi connectivity index (χ0v) is 18.7. The van der Waals surface area contributed by atoms with Gasteiger partial charge in [0.2, 0.25) is 10.0 Å². The first-order chi connectivity index (χ1) is 14.9. The molecule has 3 aliphatic rings. The number of hydrogen-bond donors (Lipinski definition) is 1. The molecule has 0 aromatic heterocycles. The molecule has 2 fully saturated rings. The van der Waals surface area contributed by atoms with Crippen LogP contribution in [-0.4, -0.2) is 48.8 Å². The molecule has 7 heteroatoms. The summed E-state index contributed by atoms with van der Waals surface area (Å²) in [4.78, 5) is 17.4. The van der Waals surface area contributed by atoms with Crippen LogP contribution in [0.5, 0.6) is 0 Å². The van der Waals surface area contributed by atoms with Crippen molar-refractivity contribution in [2.24, 2.45) is 16.8 Å². The minimum absolute atomic E-state index is 0.0375. The Hall–Kier alpha value is -2.25. The lowest BCUT2D eigenvalue weighted by Gasteiger charge is -2.42. The monoisotopic (exact) mass is 439 g/mol. The molecule has 0 atom stereocenters. The number of nitrogens with one attached hydrogen (secondary N) is 1. The highest BCUT2D eigenvalue weighted by Gasteiger charge is 2.56. The Bertz CT molecular complexity index is 1140. The van der Waals surface area contributed by atoms with Gasteiger partial charge in [0.05, 0.1) is 5.75 Å². The van der Waals surface area contributed by atoms with E-state index in [-0.39, 0.29) is 24.7 Å². The molecule has 0 unspecified atom stereocenters. The zero-order chi connectivity index (χ0) is 21.6. The first-order valence-electron chi connectivity index (χ1n) is 11.2. The average molecular weight is 440 g/mol. The number of amidine groups is 1. The van der Waals surface area contributed by atoms with Crippen LogP contribution in [-0.2, 0) is 21.2 Å². The predicted octanol–water partition coefficient (Wildman–Crippen LogP) is 3.12. The summed E-state index contributed by atoms with van der Waals surface area (Å²) in [6.45, 7) is 2.58. The van der Waals surface area contributed by atoms with Crippen LogP contribution in [0.15, 0.2) is 47.5 Å². The first-order valence-corrected chi connectivity index (χ1v) is 12.8. The zero-order valence-electron chi connectivity index (χ0n) is 17.9. The van der Waals surface area contributed by atoms with Crippen LogP contribution in [0, 0.1) is 11.8 Å². The quantitative estimate of drug-likeness (QED) is 0.777. The van der Waals surface area contributed by atoms with Gasteiger partial charge < -0.3 is 5.32 Å². The van der Waals surface area contributed by atoms with Crippen molar-refractivity contribution in [2.45, 2.75) is 44.6 Å². The van der Waals surface area contributed by atoms with Crippen molar-refractivity contribution in [1.29, 1.82) is 0 Å². The van der Waals surface area contributed by atoms with Crippen LogP contribution in [0.3, 0.4) is 0 Å². The fraction of sp³-hybridized carbons (Fsp3) is 0.500. The maximum absolute atomic E-state index is 12.9. The highest BCUT2D eigenvalue weighted by molar-refractivity contribution is 7.89. The van der Waals surface area contributed by atoms with Gasteiger partial charge in [-0.2, -0.15) is 4.31 Å². The topological polar surface area (TPSA) is 78.8 Å². The Morgan fingerprint density at radius 1 is 1.06 bits per heavy atom. The minimum atomic E-state index is -3.44. The average Bonchev–Trinajstić information content (AvgIpc) is 3.09. The maximum Gasteiger partial charge on any atom is 0.256 e. The molecular formula is C24H29N3O3S. The van der Waals surface area contributed by atoms with Gasteiger partial charge in [-0.15, -0.1) is 0 Å². The molecule has 5 rings (SSSR count). The summed E-state index contributed by atoms with van der Waals surface area (Å²) in [5, 5.41) is 5.17. The van der Waals surface area contributed by atoms with E-state index in [0.29, 0.717) is 12.3 Å². The lowest BCUT2D eigenvalue weighted by molar-refractivity contribution is -0.127. The number of rotatable bonds is 5. The number of nitrogens with zero attached hydrogens (tertiary/aromatic N) is 2. The summed E-state index contributed by atoms with van der Waals surface area (Å²) in [5.41, 5.74) is 0.118. The van der Waals surface area contributed by atoms with E-state index in [1.807, 2.05) is 42.5 Å². The number of fused-ring (bicyclic) bond motifs is 1. The Kier molecular flexibility index (Phi) is 5.13. The molecule has 2 heterocycles. The van der Waals surface area contributed by atoms with Crippen molar-refractivity contribution in [3.8, 4) is 0 Å². The number of amides is 1. The van der Waals surface area contributed by atoms with Crippen LogP contribution in [0.4, 0.5) is 0 Å². The Morgan fingerprint density at radius 2 is 1.77 bits per heavy atom. The van der Waals surface area contributed by atoms with Crippen molar-refractivity contribution in [3.05, 3.63) is 48.0 Å². The molecule has 1 amide bonds. The van der Waals surface area contributed by atoms with E-state index in [1.54, 1.807) is 0 Å². The molecule has 2 aliphatic heterocycles. The van der Waals surface area contributed by atoms with E-state index in [2.05, 4.69) is 12.2 Å². The van der Waals surface area contributed by atoms with Crippen molar-refractivity contribution < 1.29 is 13.2 Å². The molecule has 31 heavy (non-hydrogen) atoms. The molecule has 1 aliphatic carbocycles. The molecule has 2 aromatic rings. The van der Waals surface area contributed by atoms with Gasteiger partial charge in [-0.1, -0.05) is 62.2 Å². The predicted molar refractivity (Wildman–Crippen MR) is 122 cm³/mol. The molecule has 0 radical (unpaired) electrons. The van der Waals surface area contributed by atoms with Crippen LogP contribution >= 0.6 is 0 Å². The minimum Gasteiger partial charge on any atom is -0.312 e. The fourth-order valence-electron chi connectivity index (χ4n) is 5.10. The molecular weight excluding hydrogens is 410 g/mol. The second-order valence-corrected chi connectivity index (χ2v) is 11.5. The third-order valence-electron chi connectivity index (χ3n) is 7.18. The van der Waals surface area contributed by atoms with Gasteiger partial charge in [-0.3, -0.25) is 9.79 Å². The van der Waals surface area contributed by atoms with Gasteiger partial charge in [0.25, 0.3) is 5.91 Å². The lowest BCUT2D eigenvalue weighted by atomic mass is 9.82. The molecule has 164 valence electrons. The molecule has 0 bridgehead atoms.